The van der Waals surface area contributed by atoms with Gasteiger partial charge < -0.3 is 10.2 Å². The second-order valence-corrected chi connectivity index (χ2v) is 6.27. The molecule has 1 aliphatic heterocycles. The molecule has 0 saturated carbocycles. The van der Waals surface area contributed by atoms with Gasteiger partial charge in [-0.3, -0.25) is 5.10 Å². The number of benzene rings is 2. The first kappa shape index (κ1) is 15.4. The highest BCUT2D eigenvalue weighted by Crippen LogP contribution is 2.41. The Balaban J connectivity index is 1.91. The van der Waals surface area contributed by atoms with Crippen LogP contribution in [0.25, 0.3) is 0 Å². The van der Waals surface area contributed by atoms with Crippen LogP contribution in [0.2, 0.25) is 0 Å². The fraction of sp³-hybridized carbons (Fsp3) is 0.105. The molecule has 3 aromatic rings. The van der Waals surface area contributed by atoms with Crippen LogP contribution in [0.3, 0.4) is 0 Å². The molecular weight excluding hydrogens is 330 g/mol. The first-order valence-electron chi connectivity index (χ1n) is 7.89. The SMILES string of the molecule is Cc1[nH]nc2c1C(c1ccc(C#N)cc1)N(c1ccccc1)C(=S)N2. The van der Waals surface area contributed by atoms with Gasteiger partial charge in [-0.05, 0) is 49.0 Å². The van der Waals surface area contributed by atoms with Gasteiger partial charge in [0.15, 0.2) is 10.9 Å². The fourth-order valence-electron chi connectivity index (χ4n) is 3.19. The maximum absolute atomic E-state index is 9.07. The Hall–Kier alpha value is -3.17. The molecule has 2 aromatic carbocycles. The van der Waals surface area contributed by atoms with E-state index in [2.05, 4.69) is 26.5 Å². The molecule has 25 heavy (non-hydrogen) atoms. The predicted octanol–water partition coefficient (Wildman–Crippen LogP) is 3.90. The van der Waals surface area contributed by atoms with Crippen molar-refractivity contribution in [3.05, 3.63) is 77.0 Å². The monoisotopic (exact) mass is 345 g/mol. The molecule has 0 bridgehead atoms. The lowest BCUT2D eigenvalue weighted by atomic mass is 9.94. The van der Waals surface area contributed by atoms with Crippen molar-refractivity contribution in [3.8, 4) is 6.07 Å². The number of rotatable bonds is 2. The Bertz CT molecular complexity index is 969. The molecule has 0 spiro atoms. The van der Waals surface area contributed by atoms with Gasteiger partial charge in [0, 0.05) is 16.9 Å². The summed E-state index contributed by atoms with van der Waals surface area (Å²) < 4.78 is 0. The van der Waals surface area contributed by atoms with Gasteiger partial charge in [0.1, 0.15) is 0 Å². The third-order valence-corrected chi connectivity index (χ3v) is 4.66. The number of hydrogen-bond donors (Lipinski definition) is 2. The number of nitrogens with one attached hydrogen (secondary N) is 2. The first-order chi connectivity index (χ1) is 12.2. The molecule has 0 radical (unpaired) electrons. The summed E-state index contributed by atoms with van der Waals surface area (Å²) >= 11 is 5.63. The molecule has 122 valence electrons. The zero-order valence-electron chi connectivity index (χ0n) is 13.5. The minimum absolute atomic E-state index is 0.113. The van der Waals surface area contributed by atoms with Crippen LogP contribution in [0.1, 0.15) is 28.4 Å². The van der Waals surface area contributed by atoms with Crippen LogP contribution in [0.15, 0.2) is 54.6 Å². The van der Waals surface area contributed by atoms with Crippen LogP contribution in [0, 0.1) is 18.3 Å². The lowest BCUT2D eigenvalue weighted by Crippen LogP contribution is -2.42. The van der Waals surface area contributed by atoms with Crippen LogP contribution in [-0.2, 0) is 0 Å². The molecule has 1 atom stereocenters. The van der Waals surface area contributed by atoms with Crippen molar-refractivity contribution in [2.75, 3.05) is 10.2 Å². The van der Waals surface area contributed by atoms with Gasteiger partial charge in [-0.2, -0.15) is 10.4 Å². The Labute approximate surface area is 150 Å². The summed E-state index contributed by atoms with van der Waals surface area (Å²) in [5, 5.41) is 20.3. The molecular formula is C19H15N5S. The summed E-state index contributed by atoms with van der Waals surface area (Å²) in [5.74, 6) is 0.754. The number of hydrogen-bond acceptors (Lipinski definition) is 3. The number of anilines is 2. The van der Waals surface area contributed by atoms with E-state index in [1.54, 1.807) is 0 Å². The summed E-state index contributed by atoms with van der Waals surface area (Å²) in [5.41, 5.74) is 4.73. The van der Waals surface area contributed by atoms with E-state index < -0.39 is 0 Å². The van der Waals surface area contributed by atoms with E-state index in [1.807, 2.05) is 61.5 Å². The third-order valence-electron chi connectivity index (χ3n) is 4.36. The number of aromatic nitrogens is 2. The van der Waals surface area contributed by atoms with E-state index in [0.717, 1.165) is 28.3 Å². The van der Waals surface area contributed by atoms with Gasteiger partial charge in [-0.1, -0.05) is 30.3 Å². The molecule has 1 unspecified atom stereocenters. The molecule has 2 heterocycles. The van der Waals surface area contributed by atoms with Crippen molar-refractivity contribution >= 4 is 28.8 Å². The Morgan fingerprint density at radius 2 is 1.84 bits per heavy atom. The summed E-state index contributed by atoms with van der Waals surface area (Å²) in [4.78, 5) is 2.08. The topological polar surface area (TPSA) is 67.7 Å². The van der Waals surface area contributed by atoms with Crippen molar-refractivity contribution in [2.24, 2.45) is 0 Å². The van der Waals surface area contributed by atoms with E-state index in [1.165, 1.54) is 0 Å². The molecule has 2 N–H and O–H groups in total. The van der Waals surface area contributed by atoms with Crippen LogP contribution < -0.4 is 10.2 Å². The molecule has 0 saturated heterocycles. The maximum Gasteiger partial charge on any atom is 0.180 e. The van der Waals surface area contributed by atoms with Crippen molar-refractivity contribution in [1.82, 2.24) is 10.2 Å². The zero-order valence-corrected chi connectivity index (χ0v) is 14.3. The lowest BCUT2D eigenvalue weighted by molar-refractivity contribution is 0.826. The van der Waals surface area contributed by atoms with Gasteiger partial charge in [0.25, 0.3) is 0 Å². The summed E-state index contributed by atoms with van der Waals surface area (Å²) in [6.07, 6.45) is 0. The number of fused-ring (bicyclic) bond motifs is 1. The summed E-state index contributed by atoms with van der Waals surface area (Å²) in [6, 6.07) is 19.7. The lowest BCUT2D eigenvalue weighted by Gasteiger charge is -2.38. The van der Waals surface area contributed by atoms with Gasteiger partial charge in [0.05, 0.1) is 17.7 Å². The second-order valence-electron chi connectivity index (χ2n) is 5.88. The number of nitriles is 1. The number of aromatic amines is 1. The number of thiocarbonyl (C=S) groups is 1. The smallest absolute Gasteiger partial charge is 0.180 e. The molecule has 5 nitrogen and oxygen atoms in total. The van der Waals surface area contributed by atoms with E-state index in [9.17, 15) is 0 Å². The molecule has 1 aromatic heterocycles. The summed E-state index contributed by atoms with van der Waals surface area (Å²) in [6.45, 7) is 2.00. The first-order valence-corrected chi connectivity index (χ1v) is 8.30. The van der Waals surface area contributed by atoms with Crippen molar-refractivity contribution in [2.45, 2.75) is 13.0 Å². The highest BCUT2D eigenvalue weighted by atomic mass is 32.1. The highest BCUT2D eigenvalue weighted by Gasteiger charge is 2.35. The van der Waals surface area contributed by atoms with Crippen molar-refractivity contribution in [3.63, 3.8) is 0 Å². The quantitative estimate of drug-likeness (QED) is 0.690. The average Bonchev–Trinajstić information content (AvgIpc) is 3.02. The van der Waals surface area contributed by atoms with Gasteiger partial charge in [-0.25, -0.2) is 0 Å². The zero-order chi connectivity index (χ0) is 17.4. The van der Waals surface area contributed by atoms with E-state index in [4.69, 9.17) is 17.5 Å². The Morgan fingerprint density at radius 1 is 1.12 bits per heavy atom. The van der Waals surface area contributed by atoms with E-state index in [0.29, 0.717) is 10.7 Å². The van der Waals surface area contributed by atoms with Crippen LogP contribution in [0.5, 0.6) is 0 Å². The van der Waals surface area contributed by atoms with Crippen molar-refractivity contribution in [1.29, 1.82) is 5.26 Å². The molecule has 0 amide bonds. The van der Waals surface area contributed by atoms with E-state index >= 15 is 0 Å². The number of aryl methyl sites for hydroxylation is 1. The normalized spacial score (nSPS) is 16.1. The molecule has 4 rings (SSSR count). The summed E-state index contributed by atoms with van der Waals surface area (Å²) in [7, 11) is 0. The number of nitrogens with zero attached hydrogens (tertiary/aromatic N) is 3. The minimum Gasteiger partial charge on any atom is -0.315 e. The second kappa shape index (κ2) is 6.04. The van der Waals surface area contributed by atoms with Crippen LogP contribution in [0.4, 0.5) is 11.5 Å². The molecule has 0 fully saturated rings. The van der Waals surface area contributed by atoms with Gasteiger partial charge >= 0.3 is 0 Å². The Morgan fingerprint density at radius 3 is 2.52 bits per heavy atom. The third kappa shape index (κ3) is 2.55. The highest BCUT2D eigenvalue weighted by molar-refractivity contribution is 7.80. The largest absolute Gasteiger partial charge is 0.315 e. The Kier molecular flexibility index (Phi) is 3.71. The van der Waals surface area contributed by atoms with Crippen LogP contribution >= 0.6 is 12.2 Å². The number of para-hydroxylation sites is 1. The van der Waals surface area contributed by atoms with Gasteiger partial charge in [0.2, 0.25) is 0 Å². The minimum atomic E-state index is -0.113. The average molecular weight is 345 g/mol. The molecule has 1 aliphatic rings. The fourth-order valence-corrected chi connectivity index (χ4v) is 3.49. The maximum atomic E-state index is 9.07. The van der Waals surface area contributed by atoms with Crippen molar-refractivity contribution < 1.29 is 0 Å². The predicted molar refractivity (Wildman–Crippen MR) is 101 cm³/mol. The van der Waals surface area contributed by atoms with Crippen LogP contribution in [-0.4, -0.2) is 15.3 Å². The molecule has 0 aliphatic carbocycles. The van der Waals surface area contributed by atoms with E-state index in [-0.39, 0.29) is 6.04 Å². The standard InChI is InChI=1S/C19H15N5S/c1-12-16-17(14-9-7-13(11-20)8-10-14)24(15-5-3-2-4-6-15)19(25)21-18(16)23-22-12/h2-10,17H,1H3,(H2,21,22,23,25). The number of H-pyrrole nitrogens is 1. The molecule has 6 heteroatoms. The van der Waals surface area contributed by atoms with Gasteiger partial charge in [-0.15, -0.1) is 0 Å².